The molecule has 1 aliphatic heterocycles. The predicted molar refractivity (Wildman–Crippen MR) is 186 cm³/mol. The molecule has 14 heteroatoms. The van der Waals surface area contributed by atoms with E-state index < -0.39 is 78.1 Å². The van der Waals surface area contributed by atoms with E-state index in [4.69, 9.17) is 18.9 Å². The Morgan fingerprint density at radius 1 is 0.902 bits per heavy atom. The average molecular weight is 723 g/mol. The first-order chi connectivity index (χ1) is 24.3. The van der Waals surface area contributed by atoms with Gasteiger partial charge < -0.3 is 39.8 Å². The largest absolute Gasteiger partial charge is 0.466 e. The van der Waals surface area contributed by atoms with Crippen LogP contribution >= 0.6 is 11.8 Å². The second kappa shape index (κ2) is 17.9. The Kier molecular flexibility index (Phi) is 13.7. The van der Waals surface area contributed by atoms with Gasteiger partial charge in [-0.25, -0.2) is 4.79 Å². The lowest BCUT2D eigenvalue weighted by molar-refractivity contribution is -0.216. The van der Waals surface area contributed by atoms with Gasteiger partial charge >= 0.3 is 17.9 Å². The molecule has 51 heavy (non-hydrogen) atoms. The second-order valence-electron chi connectivity index (χ2n) is 12.0. The molecule has 3 aromatic rings. The van der Waals surface area contributed by atoms with E-state index >= 15 is 0 Å². The quantitative estimate of drug-likeness (QED) is 0.141. The number of hydrogen-bond donors (Lipinski definition) is 4. The number of carbonyl (C=O) groups is 5. The SMILES string of the molecule is COC(=O)[C@@]1(Sc2ccc(C)cc2)C[C@H](O)[C@@H](NC(=O)CO)[C@H]([C@H](OC(C)=O)[C@@H](CNC(=O)Cc2ccc(-c3ccccc3)cc2)OC(C)=O)O1. The predicted octanol–water partition coefficient (Wildman–Crippen LogP) is 2.47. The van der Waals surface area contributed by atoms with Crippen molar-refractivity contribution in [3.8, 4) is 11.1 Å². The highest BCUT2D eigenvalue weighted by Crippen LogP contribution is 2.45. The van der Waals surface area contributed by atoms with Gasteiger partial charge in [-0.05, 0) is 35.7 Å². The van der Waals surface area contributed by atoms with Gasteiger partial charge in [0.1, 0.15) is 12.7 Å². The van der Waals surface area contributed by atoms with Crippen LogP contribution in [0.1, 0.15) is 31.4 Å². The standard InChI is InChI=1S/C37H42N2O11S/c1-22-10-16-28(17-11-22)51-37(36(46)47-4)19-29(43)33(39-32(45)21-40)35(50-37)34(49-24(3)42)30(48-23(2)41)20-38-31(44)18-25-12-14-27(15-13-25)26-8-6-5-7-9-26/h5-17,29-30,33-35,40,43H,18-21H2,1-4H3,(H,38,44)(H,39,45)/t29-,30+,33+,34+,35+,37-/m0/s1. The number of carbonyl (C=O) groups excluding carboxylic acids is 5. The number of hydrogen-bond acceptors (Lipinski definition) is 12. The van der Waals surface area contributed by atoms with Crippen molar-refractivity contribution < 1.29 is 53.1 Å². The molecule has 0 aliphatic carbocycles. The zero-order valence-electron chi connectivity index (χ0n) is 28.7. The lowest BCUT2D eigenvalue weighted by Crippen LogP contribution is -2.68. The van der Waals surface area contributed by atoms with E-state index in [0.717, 1.165) is 49.4 Å². The molecule has 1 heterocycles. The molecule has 6 atom stereocenters. The number of rotatable bonds is 14. The van der Waals surface area contributed by atoms with Crippen molar-refractivity contribution in [2.45, 2.75) is 73.9 Å². The van der Waals surface area contributed by atoms with Gasteiger partial charge in [-0.15, -0.1) is 0 Å². The molecule has 3 aromatic carbocycles. The summed E-state index contributed by atoms with van der Waals surface area (Å²) in [5, 5.41) is 26.2. The third kappa shape index (κ3) is 10.6. The number of aliphatic hydroxyl groups is 2. The summed E-state index contributed by atoms with van der Waals surface area (Å²) in [7, 11) is 1.14. The van der Waals surface area contributed by atoms with E-state index in [9.17, 15) is 34.2 Å². The van der Waals surface area contributed by atoms with Crippen LogP contribution in [-0.2, 0) is 49.3 Å². The van der Waals surface area contributed by atoms with E-state index in [2.05, 4.69) is 10.6 Å². The summed E-state index contributed by atoms with van der Waals surface area (Å²) in [5.41, 5.74) is 3.65. The van der Waals surface area contributed by atoms with E-state index in [-0.39, 0.29) is 13.0 Å². The Morgan fingerprint density at radius 2 is 1.53 bits per heavy atom. The van der Waals surface area contributed by atoms with Gasteiger partial charge in [-0.2, -0.15) is 0 Å². The van der Waals surface area contributed by atoms with Gasteiger partial charge in [-0.1, -0.05) is 84.1 Å². The number of nitrogens with one attached hydrogen (secondary N) is 2. The maximum absolute atomic E-state index is 13.5. The highest BCUT2D eigenvalue weighted by Gasteiger charge is 2.57. The van der Waals surface area contributed by atoms with Crippen molar-refractivity contribution in [2.75, 3.05) is 20.3 Å². The summed E-state index contributed by atoms with van der Waals surface area (Å²) in [5.74, 6) is -3.89. The van der Waals surface area contributed by atoms with Crippen molar-refractivity contribution in [1.82, 2.24) is 10.6 Å². The number of aliphatic hydroxyl groups excluding tert-OH is 2. The smallest absolute Gasteiger partial charge is 0.349 e. The fourth-order valence-electron chi connectivity index (χ4n) is 5.73. The van der Waals surface area contributed by atoms with Crippen LogP contribution in [0.3, 0.4) is 0 Å². The minimum Gasteiger partial charge on any atom is -0.466 e. The zero-order chi connectivity index (χ0) is 37.1. The van der Waals surface area contributed by atoms with E-state index in [0.29, 0.717) is 10.5 Å². The molecule has 1 saturated heterocycles. The first-order valence-electron chi connectivity index (χ1n) is 16.2. The van der Waals surface area contributed by atoms with Crippen molar-refractivity contribution >= 4 is 41.5 Å². The third-order valence-corrected chi connectivity index (χ3v) is 9.35. The Morgan fingerprint density at radius 3 is 2.12 bits per heavy atom. The minimum absolute atomic E-state index is 0.0352. The molecule has 0 aromatic heterocycles. The number of ether oxygens (including phenoxy) is 4. The van der Waals surface area contributed by atoms with Crippen LogP contribution < -0.4 is 10.6 Å². The summed E-state index contributed by atoms with van der Waals surface area (Å²) >= 11 is 0.932. The van der Waals surface area contributed by atoms with Gasteiger partial charge in [0.15, 0.2) is 12.2 Å². The molecule has 0 spiro atoms. The normalized spacial score (nSPS) is 21.0. The highest BCUT2D eigenvalue weighted by atomic mass is 32.2. The van der Waals surface area contributed by atoms with Crippen molar-refractivity contribution in [2.24, 2.45) is 0 Å². The second-order valence-corrected chi connectivity index (χ2v) is 13.4. The maximum Gasteiger partial charge on any atom is 0.349 e. The highest BCUT2D eigenvalue weighted by molar-refractivity contribution is 8.01. The first-order valence-corrected chi connectivity index (χ1v) is 17.0. The van der Waals surface area contributed by atoms with Crippen LogP contribution in [0.5, 0.6) is 0 Å². The Hall–Kier alpha value is -4.76. The van der Waals surface area contributed by atoms with Gasteiger partial charge in [0.25, 0.3) is 0 Å². The molecular weight excluding hydrogens is 680 g/mol. The fraction of sp³-hybridized carbons (Fsp3) is 0.378. The Bertz CT molecular complexity index is 1670. The van der Waals surface area contributed by atoms with Gasteiger partial charge in [0.05, 0.1) is 32.2 Å². The molecule has 0 unspecified atom stereocenters. The molecule has 2 amide bonds. The number of amides is 2. The molecule has 272 valence electrons. The maximum atomic E-state index is 13.5. The van der Waals surface area contributed by atoms with E-state index in [1.165, 1.54) is 0 Å². The van der Waals surface area contributed by atoms with Crippen molar-refractivity contribution in [1.29, 1.82) is 0 Å². The number of methoxy groups -OCH3 is 1. The van der Waals surface area contributed by atoms with Crippen LogP contribution in [0.2, 0.25) is 0 Å². The number of thioether (sulfide) groups is 1. The molecule has 1 fully saturated rings. The molecule has 13 nitrogen and oxygen atoms in total. The van der Waals surface area contributed by atoms with Crippen LogP contribution in [-0.4, -0.2) is 95.6 Å². The summed E-state index contributed by atoms with van der Waals surface area (Å²) < 4.78 is 22.7. The summed E-state index contributed by atoms with van der Waals surface area (Å²) in [6, 6.07) is 22.9. The first kappa shape index (κ1) is 39.0. The lowest BCUT2D eigenvalue weighted by atomic mass is 9.89. The number of aryl methyl sites for hydroxylation is 1. The summed E-state index contributed by atoms with van der Waals surface area (Å²) in [6.45, 7) is 2.75. The average Bonchev–Trinajstić information content (AvgIpc) is 3.11. The van der Waals surface area contributed by atoms with Crippen molar-refractivity contribution in [3.63, 3.8) is 0 Å². The van der Waals surface area contributed by atoms with Crippen LogP contribution in [0, 0.1) is 6.92 Å². The molecule has 0 bridgehead atoms. The Labute approximate surface area is 300 Å². The molecular formula is C37H42N2O11S. The van der Waals surface area contributed by atoms with Crippen LogP contribution in [0.25, 0.3) is 11.1 Å². The lowest BCUT2D eigenvalue weighted by Gasteiger charge is -2.48. The summed E-state index contributed by atoms with van der Waals surface area (Å²) in [4.78, 5) is 62.6. The van der Waals surface area contributed by atoms with Gasteiger partial charge in [0.2, 0.25) is 16.7 Å². The van der Waals surface area contributed by atoms with E-state index in [1.807, 2.05) is 73.7 Å². The van der Waals surface area contributed by atoms with Crippen LogP contribution in [0.4, 0.5) is 0 Å². The number of benzene rings is 3. The van der Waals surface area contributed by atoms with Crippen LogP contribution in [0.15, 0.2) is 83.8 Å². The molecule has 4 rings (SSSR count). The third-order valence-electron chi connectivity index (χ3n) is 8.08. The minimum atomic E-state index is -1.94. The molecule has 0 radical (unpaired) electrons. The fourth-order valence-corrected chi connectivity index (χ4v) is 6.96. The zero-order valence-corrected chi connectivity index (χ0v) is 29.5. The van der Waals surface area contributed by atoms with Crippen molar-refractivity contribution in [3.05, 3.63) is 90.0 Å². The van der Waals surface area contributed by atoms with Gasteiger partial charge in [0, 0.05) is 25.2 Å². The number of esters is 3. The molecule has 4 N–H and O–H groups in total. The topological polar surface area (TPSA) is 187 Å². The Balaban J connectivity index is 1.64. The van der Waals surface area contributed by atoms with Gasteiger partial charge in [-0.3, -0.25) is 19.2 Å². The summed E-state index contributed by atoms with van der Waals surface area (Å²) in [6.07, 6.45) is -6.56. The van der Waals surface area contributed by atoms with E-state index in [1.54, 1.807) is 12.1 Å². The molecule has 0 saturated carbocycles. The monoisotopic (exact) mass is 722 g/mol. The molecule has 1 aliphatic rings.